The summed E-state index contributed by atoms with van der Waals surface area (Å²) in [6.45, 7) is 4.69. The van der Waals surface area contributed by atoms with Crippen LogP contribution in [0.2, 0.25) is 0 Å². The van der Waals surface area contributed by atoms with Crippen molar-refractivity contribution in [1.82, 2.24) is 0 Å². The molecule has 10 aromatic carbocycles. The molecule has 0 bridgehead atoms. The van der Waals surface area contributed by atoms with Crippen molar-refractivity contribution >= 4 is 60.9 Å². The maximum atomic E-state index is 6.37. The molecule has 1 aliphatic carbocycles. The van der Waals surface area contributed by atoms with E-state index >= 15 is 0 Å². The van der Waals surface area contributed by atoms with E-state index in [1.165, 1.54) is 22.3 Å². The van der Waals surface area contributed by atoms with Crippen LogP contribution in [-0.4, -0.2) is 0 Å². The molecular weight excluding hydrogens is 803 g/mol. The van der Waals surface area contributed by atoms with Gasteiger partial charge in [-0.2, -0.15) is 0 Å². The van der Waals surface area contributed by atoms with Crippen molar-refractivity contribution in [3.05, 3.63) is 236 Å². The predicted molar refractivity (Wildman–Crippen MR) is 275 cm³/mol. The van der Waals surface area contributed by atoms with Crippen LogP contribution in [0.4, 0.5) is 17.1 Å². The zero-order chi connectivity index (χ0) is 43.9. The Kier molecular flexibility index (Phi) is 8.56. The Morgan fingerprint density at radius 1 is 0.303 bits per heavy atom. The third-order valence-corrected chi connectivity index (χ3v) is 13.9. The highest BCUT2D eigenvalue weighted by Gasteiger charge is 2.35. The Morgan fingerprint density at radius 2 is 0.682 bits per heavy atom. The molecule has 2 aromatic heterocycles. The highest BCUT2D eigenvalue weighted by atomic mass is 16.3. The summed E-state index contributed by atoms with van der Waals surface area (Å²) in [4.78, 5) is 2.39. The topological polar surface area (TPSA) is 29.5 Å². The normalized spacial score (nSPS) is 12.8. The van der Waals surface area contributed by atoms with Crippen LogP contribution in [0.15, 0.2) is 233 Å². The summed E-state index contributed by atoms with van der Waals surface area (Å²) in [6.07, 6.45) is 0. The Balaban J connectivity index is 0.836. The van der Waals surface area contributed by atoms with Gasteiger partial charge in [0, 0.05) is 55.1 Å². The summed E-state index contributed by atoms with van der Waals surface area (Å²) in [6, 6.07) is 80.9. The highest BCUT2D eigenvalue weighted by Crippen LogP contribution is 2.51. The minimum Gasteiger partial charge on any atom is -0.455 e. The standard InChI is InChI=1S/C63H43NO2/c1-63(2)57-18-6-3-11-51(57)52-38-37-48(39-58(52)63)64(46-33-29-42(30-34-46)40-21-25-44(26-22-40)49-14-9-16-55-53-12-4-7-19-59(53)65-61(49)55)47-35-31-43(32-36-47)41-23-27-45(28-24-41)50-15-10-17-56-54-13-5-8-20-60(54)66-62(50)56/h3-39H,1-2H3. The number of anilines is 3. The van der Waals surface area contributed by atoms with Crippen molar-refractivity contribution in [2.75, 3.05) is 4.90 Å². The number of para-hydroxylation sites is 4. The summed E-state index contributed by atoms with van der Waals surface area (Å²) < 4.78 is 12.7. The van der Waals surface area contributed by atoms with Crippen molar-refractivity contribution in [1.29, 1.82) is 0 Å². The van der Waals surface area contributed by atoms with Gasteiger partial charge in [0.15, 0.2) is 0 Å². The first-order valence-corrected chi connectivity index (χ1v) is 22.7. The molecule has 3 heteroatoms. The van der Waals surface area contributed by atoms with E-state index in [-0.39, 0.29) is 5.41 Å². The van der Waals surface area contributed by atoms with Gasteiger partial charge in [-0.15, -0.1) is 0 Å². The van der Waals surface area contributed by atoms with Gasteiger partial charge >= 0.3 is 0 Å². The number of hydrogen-bond donors (Lipinski definition) is 0. The summed E-state index contributed by atoms with van der Waals surface area (Å²) in [7, 11) is 0. The van der Waals surface area contributed by atoms with E-state index in [2.05, 4.69) is 219 Å². The average molecular weight is 846 g/mol. The van der Waals surface area contributed by atoms with Crippen LogP contribution in [0.5, 0.6) is 0 Å². The lowest BCUT2D eigenvalue weighted by Gasteiger charge is -2.28. The van der Waals surface area contributed by atoms with E-state index in [0.29, 0.717) is 0 Å². The van der Waals surface area contributed by atoms with Crippen LogP contribution >= 0.6 is 0 Å². The fraction of sp³-hybridized carbons (Fsp3) is 0.0476. The van der Waals surface area contributed by atoms with Crippen molar-refractivity contribution in [3.63, 3.8) is 0 Å². The van der Waals surface area contributed by atoms with Crippen LogP contribution in [0.25, 0.3) is 99.5 Å². The van der Waals surface area contributed by atoms with Gasteiger partial charge in [-0.1, -0.05) is 190 Å². The first-order chi connectivity index (χ1) is 32.5. The molecule has 1 aliphatic rings. The number of hydrogen-bond acceptors (Lipinski definition) is 3. The lowest BCUT2D eigenvalue weighted by molar-refractivity contribution is 0.660. The average Bonchev–Trinajstić information content (AvgIpc) is 4.02. The molecule has 0 radical (unpaired) electrons. The SMILES string of the molecule is CC1(C)c2ccccc2-c2ccc(N(c3ccc(-c4ccc(-c5cccc6c5oc5ccccc56)cc4)cc3)c3ccc(-c4ccc(-c5cccc6c5oc5ccccc56)cc4)cc3)cc21. The van der Waals surface area contributed by atoms with E-state index in [1.807, 2.05) is 24.3 Å². The number of furan rings is 2. The second kappa shape index (κ2) is 14.8. The molecule has 0 aliphatic heterocycles. The smallest absolute Gasteiger partial charge is 0.143 e. The summed E-state index contributed by atoms with van der Waals surface area (Å²) >= 11 is 0. The third kappa shape index (κ3) is 6.04. The minimum absolute atomic E-state index is 0.120. The summed E-state index contributed by atoms with van der Waals surface area (Å²) in [5, 5.41) is 4.57. The monoisotopic (exact) mass is 845 g/mol. The van der Waals surface area contributed by atoms with Gasteiger partial charge in [0.25, 0.3) is 0 Å². The van der Waals surface area contributed by atoms with Crippen LogP contribution in [-0.2, 0) is 5.41 Å². The molecule has 12 aromatic rings. The van der Waals surface area contributed by atoms with Crippen molar-refractivity contribution in [2.24, 2.45) is 0 Å². The second-order valence-corrected chi connectivity index (χ2v) is 18.0. The van der Waals surface area contributed by atoms with E-state index < -0.39 is 0 Å². The minimum atomic E-state index is -0.120. The first kappa shape index (κ1) is 38.1. The van der Waals surface area contributed by atoms with Crippen molar-refractivity contribution < 1.29 is 8.83 Å². The van der Waals surface area contributed by atoms with E-state index in [0.717, 1.165) is 105 Å². The fourth-order valence-corrected chi connectivity index (χ4v) is 10.5. The van der Waals surface area contributed by atoms with Gasteiger partial charge in [0.1, 0.15) is 22.3 Å². The molecule has 0 atom stereocenters. The molecular formula is C63H43NO2. The number of fused-ring (bicyclic) bond motifs is 9. The molecule has 0 fully saturated rings. The van der Waals surface area contributed by atoms with Crippen LogP contribution in [0.3, 0.4) is 0 Å². The molecule has 0 saturated carbocycles. The summed E-state index contributed by atoms with van der Waals surface area (Å²) in [5.41, 5.74) is 21.3. The fourth-order valence-electron chi connectivity index (χ4n) is 10.5. The highest BCUT2D eigenvalue weighted by molar-refractivity contribution is 6.10. The molecule has 2 heterocycles. The summed E-state index contributed by atoms with van der Waals surface area (Å²) in [5.74, 6) is 0. The molecule has 0 unspecified atom stereocenters. The molecule has 3 nitrogen and oxygen atoms in total. The third-order valence-electron chi connectivity index (χ3n) is 13.9. The molecule has 13 rings (SSSR count). The number of nitrogens with zero attached hydrogens (tertiary/aromatic N) is 1. The molecule has 312 valence electrons. The molecule has 0 saturated heterocycles. The van der Waals surface area contributed by atoms with Gasteiger partial charge < -0.3 is 13.7 Å². The van der Waals surface area contributed by atoms with Crippen LogP contribution in [0.1, 0.15) is 25.0 Å². The lowest BCUT2D eigenvalue weighted by Crippen LogP contribution is -2.16. The largest absolute Gasteiger partial charge is 0.455 e. The maximum absolute atomic E-state index is 6.37. The Hall–Kier alpha value is -8.40. The van der Waals surface area contributed by atoms with Gasteiger partial charge in [0.2, 0.25) is 0 Å². The van der Waals surface area contributed by atoms with E-state index in [9.17, 15) is 0 Å². The van der Waals surface area contributed by atoms with Crippen LogP contribution in [0, 0.1) is 0 Å². The van der Waals surface area contributed by atoms with Gasteiger partial charge in [-0.05, 0) is 104 Å². The first-order valence-electron chi connectivity index (χ1n) is 22.7. The zero-order valence-corrected chi connectivity index (χ0v) is 36.6. The van der Waals surface area contributed by atoms with Gasteiger partial charge in [0.05, 0.1) is 0 Å². The number of rotatable bonds is 7. The Bertz CT molecular complexity index is 3610. The lowest BCUT2D eigenvalue weighted by atomic mass is 9.82. The Labute approximate surface area is 383 Å². The quantitative estimate of drug-likeness (QED) is 0.160. The van der Waals surface area contributed by atoms with Crippen molar-refractivity contribution in [2.45, 2.75) is 19.3 Å². The Morgan fingerprint density at radius 3 is 1.20 bits per heavy atom. The molecule has 0 amide bonds. The van der Waals surface area contributed by atoms with E-state index in [4.69, 9.17) is 8.83 Å². The van der Waals surface area contributed by atoms with Gasteiger partial charge in [-0.3, -0.25) is 0 Å². The molecule has 0 N–H and O–H groups in total. The van der Waals surface area contributed by atoms with E-state index in [1.54, 1.807) is 0 Å². The zero-order valence-electron chi connectivity index (χ0n) is 36.6. The second-order valence-electron chi connectivity index (χ2n) is 18.0. The molecule has 0 spiro atoms. The number of benzene rings is 10. The van der Waals surface area contributed by atoms with Gasteiger partial charge in [-0.25, -0.2) is 0 Å². The maximum Gasteiger partial charge on any atom is 0.143 e. The van der Waals surface area contributed by atoms with Crippen LogP contribution < -0.4 is 4.90 Å². The predicted octanol–water partition coefficient (Wildman–Crippen LogP) is 17.9. The van der Waals surface area contributed by atoms with Crippen molar-refractivity contribution in [3.8, 4) is 55.6 Å². The molecule has 66 heavy (non-hydrogen) atoms.